The van der Waals surface area contributed by atoms with E-state index >= 15 is 0 Å². The van der Waals surface area contributed by atoms with Crippen molar-refractivity contribution in [1.82, 2.24) is 20.3 Å². The van der Waals surface area contributed by atoms with Gasteiger partial charge in [-0.05, 0) is 29.8 Å². The third kappa shape index (κ3) is 3.73. The van der Waals surface area contributed by atoms with E-state index in [4.69, 9.17) is 4.74 Å². The van der Waals surface area contributed by atoms with Crippen LogP contribution in [0.2, 0.25) is 0 Å². The molecule has 4 rings (SSSR count). The zero-order valence-electron chi connectivity index (χ0n) is 14.9. The average molecular weight is 404 g/mol. The number of amides is 1. The van der Waals surface area contributed by atoms with E-state index in [9.17, 15) is 18.0 Å². The molecule has 1 aromatic carbocycles. The first-order valence-electron chi connectivity index (χ1n) is 8.64. The first-order chi connectivity index (χ1) is 13.9. The van der Waals surface area contributed by atoms with Crippen LogP contribution >= 0.6 is 0 Å². The summed E-state index contributed by atoms with van der Waals surface area (Å²) in [5.41, 5.74) is -0.124. The van der Waals surface area contributed by atoms with Gasteiger partial charge < -0.3 is 19.8 Å². The fraction of sp³-hybridized carbons (Fsp3) is 0.211. The highest BCUT2D eigenvalue weighted by molar-refractivity contribution is 5.91. The molecule has 0 aliphatic carbocycles. The normalized spacial score (nSPS) is 18.4. The van der Waals surface area contributed by atoms with E-state index in [2.05, 4.69) is 25.0 Å². The number of carbonyl (C=O) groups excluding carboxylic acids is 1. The Bertz CT molecular complexity index is 1010. The monoisotopic (exact) mass is 404 g/mol. The van der Waals surface area contributed by atoms with E-state index in [-0.39, 0.29) is 18.2 Å². The maximum Gasteiger partial charge on any atom is 0.573 e. The van der Waals surface area contributed by atoms with Crippen LogP contribution in [0.25, 0.3) is 0 Å². The number of fused-ring (bicyclic) bond motifs is 1. The lowest BCUT2D eigenvalue weighted by Gasteiger charge is -2.38. The molecule has 0 unspecified atom stereocenters. The van der Waals surface area contributed by atoms with Crippen molar-refractivity contribution in [2.24, 2.45) is 0 Å². The Hall–Kier alpha value is -3.56. The summed E-state index contributed by atoms with van der Waals surface area (Å²) in [6.45, 7) is 0.276. The van der Waals surface area contributed by atoms with Crippen LogP contribution in [-0.2, 0) is 5.54 Å². The summed E-state index contributed by atoms with van der Waals surface area (Å²) < 4.78 is 47.0. The molecule has 1 atom stereocenters. The van der Waals surface area contributed by atoms with Crippen molar-refractivity contribution in [1.29, 1.82) is 0 Å². The van der Waals surface area contributed by atoms with Gasteiger partial charge in [0.05, 0.1) is 6.61 Å². The van der Waals surface area contributed by atoms with Crippen LogP contribution in [0.4, 0.5) is 13.2 Å². The number of nitrogens with one attached hydrogen (secondary N) is 2. The number of aromatic amines is 1. The number of imidazole rings is 1. The molecule has 1 amide bonds. The minimum atomic E-state index is -4.79. The molecular formula is C19H15F3N4O3. The molecule has 0 saturated heterocycles. The molecule has 0 saturated carbocycles. The van der Waals surface area contributed by atoms with Gasteiger partial charge in [0.15, 0.2) is 5.82 Å². The van der Waals surface area contributed by atoms with Gasteiger partial charge in [-0.15, -0.1) is 13.2 Å². The van der Waals surface area contributed by atoms with Gasteiger partial charge in [-0.25, -0.2) is 4.98 Å². The number of rotatable bonds is 4. The quantitative estimate of drug-likeness (QED) is 0.697. The number of benzene rings is 1. The second kappa shape index (κ2) is 7.12. The third-order valence-electron chi connectivity index (χ3n) is 4.53. The maximum atomic E-state index is 12.8. The van der Waals surface area contributed by atoms with E-state index in [1.54, 1.807) is 18.3 Å². The van der Waals surface area contributed by atoms with Crippen molar-refractivity contribution in [3.8, 4) is 11.5 Å². The molecule has 150 valence electrons. The molecule has 0 fully saturated rings. The second-order valence-corrected chi connectivity index (χ2v) is 6.32. The minimum absolute atomic E-state index is 0.102. The number of hydrogen-bond acceptors (Lipinski definition) is 5. The zero-order chi connectivity index (χ0) is 20.5. The molecule has 2 N–H and O–H groups in total. The van der Waals surface area contributed by atoms with Crippen molar-refractivity contribution in [2.45, 2.75) is 18.3 Å². The Morgan fingerprint density at radius 1 is 1.17 bits per heavy atom. The summed E-state index contributed by atoms with van der Waals surface area (Å²) in [6.07, 6.45) is 0.0486. The Kier molecular flexibility index (Phi) is 4.61. The lowest BCUT2D eigenvalue weighted by atomic mass is 9.81. The van der Waals surface area contributed by atoms with Crippen molar-refractivity contribution in [2.75, 3.05) is 6.61 Å². The largest absolute Gasteiger partial charge is 0.573 e. The molecule has 1 aliphatic rings. The van der Waals surface area contributed by atoms with Gasteiger partial charge >= 0.3 is 6.36 Å². The predicted molar refractivity (Wildman–Crippen MR) is 94.3 cm³/mol. The molecule has 0 spiro atoms. The average Bonchev–Trinajstić information content (AvgIpc) is 3.22. The van der Waals surface area contributed by atoms with Crippen molar-refractivity contribution in [3.63, 3.8) is 0 Å². The standard InChI is InChI=1S/C19H15F3N4O3/c20-19(21,22)29-13-5-3-12(4-6-13)18(26-17(27)16-24-9-10-25-16)7-11-28-14-2-1-8-23-15(14)18/h1-6,8-10H,7,11H2,(H,24,25)(H,26,27)/t18-/m0/s1. The maximum absolute atomic E-state index is 12.8. The molecule has 3 heterocycles. The van der Waals surface area contributed by atoms with E-state index in [0.29, 0.717) is 23.4 Å². The third-order valence-corrected chi connectivity index (χ3v) is 4.53. The number of aromatic nitrogens is 3. The lowest BCUT2D eigenvalue weighted by Crippen LogP contribution is -2.50. The van der Waals surface area contributed by atoms with E-state index in [1.165, 1.54) is 36.7 Å². The van der Waals surface area contributed by atoms with Crippen molar-refractivity contribution in [3.05, 3.63) is 72.1 Å². The highest BCUT2D eigenvalue weighted by Gasteiger charge is 2.43. The van der Waals surface area contributed by atoms with Crippen LogP contribution in [0.1, 0.15) is 28.3 Å². The topological polar surface area (TPSA) is 89.1 Å². The summed E-state index contributed by atoms with van der Waals surface area (Å²) in [4.78, 5) is 23.8. The van der Waals surface area contributed by atoms with E-state index < -0.39 is 17.8 Å². The molecular weight excluding hydrogens is 389 g/mol. The summed E-state index contributed by atoms with van der Waals surface area (Å²) in [5.74, 6) is -0.259. The van der Waals surface area contributed by atoms with Gasteiger partial charge in [0.25, 0.3) is 5.91 Å². The summed E-state index contributed by atoms with van der Waals surface area (Å²) >= 11 is 0. The fourth-order valence-electron chi connectivity index (χ4n) is 3.32. The van der Waals surface area contributed by atoms with E-state index in [0.717, 1.165) is 0 Å². The molecule has 2 aromatic heterocycles. The van der Waals surface area contributed by atoms with Crippen LogP contribution in [0, 0.1) is 0 Å². The van der Waals surface area contributed by atoms with Crippen molar-refractivity contribution >= 4 is 5.91 Å². The Labute approximate surface area is 162 Å². The number of halogens is 3. The molecule has 0 bridgehead atoms. The van der Waals surface area contributed by atoms with Gasteiger partial charge in [0, 0.05) is 25.0 Å². The van der Waals surface area contributed by atoms with Gasteiger partial charge in [-0.2, -0.15) is 0 Å². The first kappa shape index (κ1) is 18.8. The summed E-state index contributed by atoms with van der Waals surface area (Å²) in [6, 6.07) is 8.74. The summed E-state index contributed by atoms with van der Waals surface area (Å²) in [7, 11) is 0. The molecule has 1 aliphatic heterocycles. The highest BCUT2D eigenvalue weighted by atomic mass is 19.4. The lowest BCUT2D eigenvalue weighted by molar-refractivity contribution is -0.274. The zero-order valence-corrected chi connectivity index (χ0v) is 14.9. The van der Waals surface area contributed by atoms with Gasteiger partial charge in [-0.3, -0.25) is 9.78 Å². The van der Waals surface area contributed by atoms with Crippen LogP contribution in [0.3, 0.4) is 0 Å². The van der Waals surface area contributed by atoms with Crippen LogP contribution < -0.4 is 14.8 Å². The summed E-state index contributed by atoms with van der Waals surface area (Å²) in [5, 5.41) is 2.94. The van der Waals surface area contributed by atoms with Gasteiger partial charge in [0.1, 0.15) is 22.7 Å². The van der Waals surface area contributed by atoms with Crippen LogP contribution in [0.5, 0.6) is 11.5 Å². The molecule has 0 radical (unpaired) electrons. The first-order valence-corrected chi connectivity index (χ1v) is 8.64. The van der Waals surface area contributed by atoms with Gasteiger partial charge in [-0.1, -0.05) is 12.1 Å². The van der Waals surface area contributed by atoms with Gasteiger partial charge in [0.2, 0.25) is 0 Å². The van der Waals surface area contributed by atoms with Crippen LogP contribution in [0.15, 0.2) is 55.0 Å². The smallest absolute Gasteiger partial charge is 0.491 e. The Balaban J connectivity index is 1.77. The fourth-order valence-corrected chi connectivity index (χ4v) is 3.32. The minimum Gasteiger partial charge on any atom is -0.491 e. The SMILES string of the molecule is O=C(N[C@]1(c2ccc(OC(F)(F)F)cc2)CCOc2cccnc21)c1ncc[nH]1. The number of hydrogen-bond donors (Lipinski definition) is 2. The number of alkyl halides is 3. The van der Waals surface area contributed by atoms with E-state index in [1.807, 2.05) is 0 Å². The molecule has 7 nitrogen and oxygen atoms in total. The Morgan fingerprint density at radius 3 is 2.66 bits per heavy atom. The molecule has 29 heavy (non-hydrogen) atoms. The second-order valence-electron chi connectivity index (χ2n) is 6.32. The number of nitrogens with zero attached hydrogens (tertiary/aromatic N) is 2. The predicted octanol–water partition coefficient (Wildman–Crippen LogP) is 3.16. The van der Waals surface area contributed by atoms with Crippen molar-refractivity contribution < 1.29 is 27.4 Å². The number of ether oxygens (including phenoxy) is 2. The molecule has 3 aromatic rings. The molecule has 10 heteroatoms. The Morgan fingerprint density at radius 2 is 1.97 bits per heavy atom. The number of pyridine rings is 1. The number of carbonyl (C=O) groups is 1. The number of H-pyrrole nitrogens is 1. The van der Waals surface area contributed by atoms with Crippen LogP contribution in [-0.4, -0.2) is 33.8 Å². The highest BCUT2D eigenvalue weighted by Crippen LogP contribution is 2.41.